The van der Waals surface area contributed by atoms with Gasteiger partial charge in [-0.25, -0.2) is 4.39 Å². The number of hydrogen-bond donors (Lipinski definition) is 1. The van der Waals surface area contributed by atoms with Crippen LogP contribution in [0.3, 0.4) is 0 Å². The van der Waals surface area contributed by atoms with Gasteiger partial charge in [-0.3, -0.25) is 9.88 Å². The Bertz CT molecular complexity index is 1110. The molecule has 1 atom stereocenters. The van der Waals surface area contributed by atoms with Crippen LogP contribution in [0.15, 0.2) is 36.4 Å². The largest absolute Gasteiger partial charge is 0.496 e. The van der Waals surface area contributed by atoms with Gasteiger partial charge in [-0.15, -0.1) is 0 Å². The molecule has 0 amide bonds. The number of ether oxygens (including phenoxy) is 1. The maximum Gasteiger partial charge on any atom is 0.141 e. The van der Waals surface area contributed by atoms with E-state index in [2.05, 4.69) is 4.90 Å². The number of pyridine rings is 1. The number of aromatic nitrogens is 1. The third-order valence-electron chi connectivity index (χ3n) is 5.76. The van der Waals surface area contributed by atoms with Crippen LogP contribution < -0.4 is 10.5 Å². The van der Waals surface area contributed by atoms with Crippen LogP contribution in [0.25, 0.3) is 22.0 Å². The number of benzene rings is 2. The maximum absolute atomic E-state index is 13.7. The zero-order chi connectivity index (χ0) is 19.4. The van der Waals surface area contributed by atoms with E-state index in [1.807, 2.05) is 18.2 Å². The molecule has 1 unspecified atom stereocenters. The third kappa shape index (κ3) is 2.48. The summed E-state index contributed by atoms with van der Waals surface area (Å²) in [6.07, 6.45) is 3.19. The van der Waals surface area contributed by atoms with Crippen LogP contribution in [-0.2, 0) is 11.3 Å². The van der Waals surface area contributed by atoms with E-state index in [4.69, 9.17) is 15.5 Å². The van der Waals surface area contributed by atoms with Crippen molar-refractivity contribution in [2.24, 2.45) is 0 Å². The molecule has 1 aromatic heterocycles. The van der Waals surface area contributed by atoms with Crippen molar-refractivity contribution in [2.75, 3.05) is 12.8 Å². The molecule has 2 heterocycles. The first-order chi connectivity index (χ1) is 13.6. The number of methoxy groups -OCH3 is 1. The van der Waals surface area contributed by atoms with E-state index in [0.29, 0.717) is 24.0 Å². The molecular formula is C22H20FN3O2. The number of rotatable bonds is 4. The van der Waals surface area contributed by atoms with Crippen LogP contribution >= 0.6 is 0 Å². The summed E-state index contributed by atoms with van der Waals surface area (Å²) < 4.78 is 19.1. The Kier molecular flexibility index (Phi) is 3.84. The molecule has 1 aliphatic heterocycles. The first kappa shape index (κ1) is 17.1. The summed E-state index contributed by atoms with van der Waals surface area (Å²) >= 11 is 0. The molecule has 1 saturated carbocycles. The minimum absolute atomic E-state index is 0.330. The summed E-state index contributed by atoms with van der Waals surface area (Å²) in [5, 5.41) is 0.798. The monoisotopic (exact) mass is 377 g/mol. The number of fused-ring (bicyclic) bond motifs is 2. The third-order valence-corrected chi connectivity index (χ3v) is 5.76. The van der Waals surface area contributed by atoms with Gasteiger partial charge < -0.3 is 15.3 Å². The molecule has 3 aromatic rings. The van der Waals surface area contributed by atoms with E-state index in [-0.39, 0.29) is 11.9 Å². The number of nitrogen functional groups attached to an aromatic ring is 1. The van der Waals surface area contributed by atoms with Crippen molar-refractivity contribution in [1.29, 1.82) is 0 Å². The summed E-state index contributed by atoms with van der Waals surface area (Å²) in [5.74, 6) is 0.0850. The zero-order valence-electron chi connectivity index (χ0n) is 15.5. The second-order valence-electron chi connectivity index (χ2n) is 7.42. The Hall–Kier alpha value is -2.99. The van der Waals surface area contributed by atoms with E-state index in [9.17, 15) is 9.18 Å². The molecule has 2 N–H and O–H groups in total. The SMILES string of the molecule is COc1cc(F)ccc1-c1cccc2c(N)c3c(nc12)CN(C1CC1)C3C=O. The van der Waals surface area contributed by atoms with Gasteiger partial charge in [-0.1, -0.05) is 18.2 Å². The van der Waals surface area contributed by atoms with Crippen LogP contribution in [0.4, 0.5) is 10.1 Å². The normalized spacial score (nSPS) is 19.0. The van der Waals surface area contributed by atoms with Crippen molar-refractivity contribution in [2.45, 2.75) is 31.5 Å². The molecule has 0 saturated heterocycles. The van der Waals surface area contributed by atoms with Gasteiger partial charge in [0.25, 0.3) is 0 Å². The molecule has 2 aromatic carbocycles. The number of carbonyl (C=O) groups excluding carboxylic acids is 1. The minimum Gasteiger partial charge on any atom is -0.496 e. The Morgan fingerprint density at radius 2 is 2.07 bits per heavy atom. The summed E-state index contributed by atoms with van der Waals surface area (Å²) in [6, 6.07) is 10.3. The number of halogens is 1. The van der Waals surface area contributed by atoms with Crippen molar-refractivity contribution in [3.8, 4) is 16.9 Å². The Labute approximate surface area is 161 Å². The highest BCUT2D eigenvalue weighted by molar-refractivity contribution is 6.02. The van der Waals surface area contributed by atoms with E-state index in [1.165, 1.54) is 19.2 Å². The second-order valence-corrected chi connectivity index (χ2v) is 7.42. The molecule has 5 nitrogen and oxygen atoms in total. The van der Waals surface area contributed by atoms with E-state index < -0.39 is 0 Å². The highest BCUT2D eigenvalue weighted by atomic mass is 19.1. The summed E-state index contributed by atoms with van der Waals surface area (Å²) in [4.78, 5) is 18.9. The summed E-state index contributed by atoms with van der Waals surface area (Å²) in [7, 11) is 1.52. The highest BCUT2D eigenvalue weighted by Gasteiger charge is 2.42. The number of nitrogens with zero attached hydrogens (tertiary/aromatic N) is 2. The predicted octanol–water partition coefficient (Wildman–Crippen LogP) is 3.85. The fourth-order valence-corrected chi connectivity index (χ4v) is 4.28. The number of anilines is 1. The molecule has 6 heteroatoms. The standard InChI is InChI=1S/C22H20FN3O2/c1-28-19-9-12(23)5-8-14(19)15-3-2-4-16-21(24)20-17(25-22(15)16)10-26(13-6-7-13)18(20)11-27/h2-5,8-9,11,13,18H,6-7,10H2,1H3,(H2,24,25). The molecule has 5 rings (SSSR count). The molecule has 142 valence electrons. The smallest absolute Gasteiger partial charge is 0.141 e. The lowest BCUT2D eigenvalue weighted by molar-refractivity contribution is -0.112. The molecule has 0 bridgehead atoms. The zero-order valence-corrected chi connectivity index (χ0v) is 15.5. The Morgan fingerprint density at radius 1 is 1.25 bits per heavy atom. The maximum atomic E-state index is 13.7. The number of aldehydes is 1. The van der Waals surface area contributed by atoms with Gasteiger partial charge in [0.15, 0.2) is 0 Å². The first-order valence-electron chi connectivity index (χ1n) is 9.38. The van der Waals surface area contributed by atoms with Crippen LogP contribution in [0.2, 0.25) is 0 Å². The van der Waals surface area contributed by atoms with Gasteiger partial charge in [0.2, 0.25) is 0 Å². The van der Waals surface area contributed by atoms with Gasteiger partial charge in [0.05, 0.1) is 24.4 Å². The van der Waals surface area contributed by atoms with Crippen molar-refractivity contribution < 1.29 is 13.9 Å². The molecule has 1 aliphatic carbocycles. The fourth-order valence-electron chi connectivity index (χ4n) is 4.28. The van der Waals surface area contributed by atoms with Crippen LogP contribution in [0, 0.1) is 5.82 Å². The topological polar surface area (TPSA) is 68.5 Å². The van der Waals surface area contributed by atoms with Crippen molar-refractivity contribution in [1.82, 2.24) is 9.88 Å². The summed E-state index contributed by atoms with van der Waals surface area (Å²) in [6.45, 7) is 0.623. The van der Waals surface area contributed by atoms with Gasteiger partial charge in [-0.05, 0) is 25.0 Å². The lowest BCUT2D eigenvalue weighted by Gasteiger charge is -2.20. The predicted molar refractivity (Wildman–Crippen MR) is 105 cm³/mol. The van der Waals surface area contributed by atoms with Crippen molar-refractivity contribution >= 4 is 22.9 Å². The van der Waals surface area contributed by atoms with Gasteiger partial charge >= 0.3 is 0 Å². The lowest BCUT2D eigenvalue weighted by Crippen LogP contribution is -2.25. The average Bonchev–Trinajstić information content (AvgIpc) is 3.48. The fraction of sp³-hybridized carbons (Fsp3) is 0.273. The Morgan fingerprint density at radius 3 is 2.79 bits per heavy atom. The van der Waals surface area contributed by atoms with E-state index in [0.717, 1.165) is 52.4 Å². The van der Waals surface area contributed by atoms with E-state index in [1.54, 1.807) is 6.07 Å². The first-order valence-corrected chi connectivity index (χ1v) is 9.38. The number of hydrogen-bond acceptors (Lipinski definition) is 5. The molecule has 0 spiro atoms. The highest BCUT2D eigenvalue weighted by Crippen LogP contribution is 2.46. The van der Waals surface area contributed by atoms with Gasteiger partial charge in [-0.2, -0.15) is 0 Å². The van der Waals surface area contributed by atoms with Crippen LogP contribution in [0.1, 0.15) is 30.1 Å². The molecular weight excluding hydrogens is 357 g/mol. The lowest BCUT2D eigenvalue weighted by atomic mass is 9.97. The molecule has 2 aliphatic rings. The molecule has 0 radical (unpaired) electrons. The minimum atomic E-state index is -0.358. The average molecular weight is 377 g/mol. The quantitative estimate of drug-likeness (QED) is 0.700. The van der Waals surface area contributed by atoms with Gasteiger partial charge in [0.1, 0.15) is 17.9 Å². The van der Waals surface area contributed by atoms with E-state index >= 15 is 0 Å². The molecule has 1 fully saturated rings. The van der Waals surface area contributed by atoms with Crippen LogP contribution in [0.5, 0.6) is 5.75 Å². The van der Waals surface area contributed by atoms with Crippen molar-refractivity contribution in [3.05, 3.63) is 53.5 Å². The van der Waals surface area contributed by atoms with Crippen molar-refractivity contribution in [3.63, 3.8) is 0 Å². The van der Waals surface area contributed by atoms with Gasteiger partial charge in [0, 0.05) is 46.4 Å². The van der Waals surface area contributed by atoms with Crippen LogP contribution in [-0.4, -0.2) is 29.3 Å². The number of nitrogens with two attached hydrogens (primary N) is 1. The summed E-state index contributed by atoms with van der Waals surface area (Å²) in [5.41, 5.74) is 11.2. The Balaban J connectivity index is 1.74. The number of carbonyl (C=O) groups is 1. The second kappa shape index (κ2) is 6.27. The number of para-hydroxylation sites is 1. The molecule has 28 heavy (non-hydrogen) atoms.